The van der Waals surface area contributed by atoms with Gasteiger partial charge in [-0.1, -0.05) is 6.92 Å². The van der Waals surface area contributed by atoms with E-state index < -0.39 is 10.7 Å². The monoisotopic (exact) mass is 258 g/mol. The summed E-state index contributed by atoms with van der Waals surface area (Å²) in [7, 11) is 0. The zero-order valence-electron chi connectivity index (χ0n) is 9.56. The van der Waals surface area contributed by atoms with Crippen molar-refractivity contribution in [1.82, 2.24) is 0 Å². The third kappa shape index (κ3) is 4.70. The van der Waals surface area contributed by atoms with Gasteiger partial charge >= 0.3 is 0 Å². The first kappa shape index (κ1) is 13.9. The molecular formula is C11H15FN2O2S. The summed E-state index contributed by atoms with van der Waals surface area (Å²) in [5, 5.41) is 10.5. The van der Waals surface area contributed by atoms with Crippen LogP contribution in [-0.2, 0) is 5.75 Å². The minimum Gasteiger partial charge on any atom is -0.330 e. The number of hydrogen-bond acceptors (Lipinski definition) is 4. The summed E-state index contributed by atoms with van der Waals surface area (Å²) in [4.78, 5) is 9.97. The molecule has 0 heterocycles. The van der Waals surface area contributed by atoms with Crippen molar-refractivity contribution in [2.75, 3.05) is 12.3 Å². The average molecular weight is 258 g/mol. The molecule has 0 amide bonds. The summed E-state index contributed by atoms with van der Waals surface area (Å²) in [5.74, 6) is 1.24. The second kappa shape index (κ2) is 6.56. The molecule has 0 bridgehead atoms. The van der Waals surface area contributed by atoms with E-state index in [0.717, 1.165) is 11.8 Å². The van der Waals surface area contributed by atoms with Gasteiger partial charge in [0, 0.05) is 11.8 Å². The highest BCUT2D eigenvalue weighted by molar-refractivity contribution is 7.98. The van der Waals surface area contributed by atoms with Crippen molar-refractivity contribution in [3.05, 3.63) is 39.7 Å². The molecular weight excluding hydrogens is 243 g/mol. The number of nitro groups is 1. The SMILES string of the molecule is CC(CN)CSCc1cc(F)cc([N+](=O)[O-])c1. The molecule has 17 heavy (non-hydrogen) atoms. The molecule has 94 valence electrons. The first-order valence-corrected chi connectivity index (χ1v) is 6.40. The average Bonchev–Trinajstić information content (AvgIpc) is 2.28. The van der Waals surface area contributed by atoms with Crippen molar-refractivity contribution >= 4 is 17.4 Å². The van der Waals surface area contributed by atoms with Crippen LogP contribution >= 0.6 is 11.8 Å². The molecule has 4 nitrogen and oxygen atoms in total. The van der Waals surface area contributed by atoms with Gasteiger partial charge < -0.3 is 5.73 Å². The molecule has 0 aliphatic carbocycles. The van der Waals surface area contributed by atoms with Crippen molar-refractivity contribution in [3.8, 4) is 0 Å². The molecule has 0 fully saturated rings. The first-order chi connectivity index (χ1) is 8.02. The summed E-state index contributed by atoms with van der Waals surface area (Å²) in [6.07, 6.45) is 0. The van der Waals surface area contributed by atoms with Gasteiger partial charge in [-0.3, -0.25) is 10.1 Å². The van der Waals surface area contributed by atoms with Crippen LogP contribution in [-0.4, -0.2) is 17.2 Å². The molecule has 1 aromatic carbocycles. The Hall–Kier alpha value is -1.14. The minimum absolute atomic E-state index is 0.201. The lowest BCUT2D eigenvalue weighted by atomic mass is 10.2. The van der Waals surface area contributed by atoms with Gasteiger partial charge in [0.25, 0.3) is 5.69 Å². The van der Waals surface area contributed by atoms with E-state index in [1.165, 1.54) is 12.1 Å². The highest BCUT2D eigenvalue weighted by Gasteiger charge is 2.10. The van der Waals surface area contributed by atoms with E-state index in [9.17, 15) is 14.5 Å². The number of halogens is 1. The van der Waals surface area contributed by atoms with E-state index in [4.69, 9.17) is 5.73 Å². The number of thioether (sulfide) groups is 1. The maximum absolute atomic E-state index is 13.1. The molecule has 0 aliphatic rings. The van der Waals surface area contributed by atoms with E-state index >= 15 is 0 Å². The maximum atomic E-state index is 13.1. The first-order valence-electron chi connectivity index (χ1n) is 5.24. The molecule has 2 N–H and O–H groups in total. The molecule has 1 unspecified atom stereocenters. The predicted octanol–water partition coefficient (Wildman–Crippen LogP) is 2.56. The number of benzene rings is 1. The van der Waals surface area contributed by atoms with Crippen LogP contribution in [0.3, 0.4) is 0 Å². The molecule has 0 spiro atoms. The quantitative estimate of drug-likeness (QED) is 0.629. The zero-order chi connectivity index (χ0) is 12.8. The summed E-state index contributed by atoms with van der Waals surface area (Å²) >= 11 is 1.60. The van der Waals surface area contributed by atoms with E-state index in [-0.39, 0.29) is 5.69 Å². The Morgan fingerprint density at radius 3 is 2.82 bits per heavy atom. The Balaban J connectivity index is 2.62. The fraction of sp³-hybridized carbons (Fsp3) is 0.455. The number of nitrogens with two attached hydrogens (primary N) is 1. The van der Waals surface area contributed by atoms with E-state index in [1.54, 1.807) is 11.8 Å². The standard InChI is InChI=1S/C11H15FN2O2S/c1-8(5-13)6-17-7-9-2-10(12)4-11(3-9)14(15)16/h2-4,8H,5-7,13H2,1H3. The van der Waals surface area contributed by atoms with Gasteiger partial charge in [-0.05, 0) is 29.8 Å². The van der Waals surface area contributed by atoms with Gasteiger partial charge in [-0.25, -0.2) is 4.39 Å². The van der Waals surface area contributed by atoms with Crippen molar-refractivity contribution in [1.29, 1.82) is 0 Å². The van der Waals surface area contributed by atoms with Gasteiger partial charge in [-0.15, -0.1) is 0 Å². The highest BCUT2D eigenvalue weighted by Crippen LogP contribution is 2.21. The lowest BCUT2D eigenvalue weighted by Crippen LogP contribution is -2.12. The van der Waals surface area contributed by atoms with Crippen LogP contribution in [0.5, 0.6) is 0 Å². The number of nitrogens with zero attached hydrogens (tertiary/aromatic N) is 1. The fourth-order valence-electron chi connectivity index (χ4n) is 1.27. The topological polar surface area (TPSA) is 69.2 Å². The normalized spacial score (nSPS) is 12.4. The number of hydrogen-bond donors (Lipinski definition) is 1. The molecule has 1 rings (SSSR count). The van der Waals surface area contributed by atoms with Crippen LogP contribution in [0.25, 0.3) is 0 Å². The van der Waals surface area contributed by atoms with Crippen molar-refractivity contribution in [2.45, 2.75) is 12.7 Å². The van der Waals surface area contributed by atoms with E-state index in [0.29, 0.717) is 23.8 Å². The second-order valence-electron chi connectivity index (χ2n) is 3.93. The van der Waals surface area contributed by atoms with Gasteiger partial charge in [0.15, 0.2) is 0 Å². The number of non-ortho nitro benzene ring substituents is 1. The summed E-state index contributed by atoms with van der Waals surface area (Å²) in [6.45, 7) is 2.64. The third-order valence-electron chi connectivity index (χ3n) is 2.23. The summed E-state index contributed by atoms with van der Waals surface area (Å²) < 4.78 is 13.1. The van der Waals surface area contributed by atoms with Crippen LogP contribution in [0.2, 0.25) is 0 Å². The van der Waals surface area contributed by atoms with E-state index in [1.807, 2.05) is 6.92 Å². The predicted molar refractivity (Wildman–Crippen MR) is 67.4 cm³/mol. The molecule has 0 saturated heterocycles. The highest BCUT2D eigenvalue weighted by atomic mass is 32.2. The van der Waals surface area contributed by atoms with Crippen LogP contribution in [0.15, 0.2) is 18.2 Å². The maximum Gasteiger partial charge on any atom is 0.272 e. The fourth-order valence-corrected chi connectivity index (χ4v) is 2.33. The van der Waals surface area contributed by atoms with Crippen molar-refractivity contribution in [2.24, 2.45) is 11.7 Å². The summed E-state index contributed by atoms with van der Waals surface area (Å²) in [5.41, 5.74) is 5.91. The molecule has 1 atom stereocenters. The van der Waals surface area contributed by atoms with Crippen LogP contribution in [0.1, 0.15) is 12.5 Å². The van der Waals surface area contributed by atoms with Gasteiger partial charge in [0.05, 0.1) is 11.0 Å². The van der Waals surface area contributed by atoms with Gasteiger partial charge in [0.2, 0.25) is 0 Å². The van der Waals surface area contributed by atoms with Gasteiger partial charge in [0.1, 0.15) is 5.82 Å². The lowest BCUT2D eigenvalue weighted by molar-refractivity contribution is -0.385. The Labute approximate surface area is 104 Å². The lowest BCUT2D eigenvalue weighted by Gasteiger charge is -2.07. The molecule has 0 aromatic heterocycles. The Morgan fingerprint density at radius 2 is 2.24 bits per heavy atom. The molecule has 0 aliphatic heterocycles. The number of nitro benzene ring substituents is 1. The van der Waals surface area contributed by atoms with E-state index in [2.05, 4.69) is 0 Å². The van der Waals surface area contributed by atoms with Crippen molar-refractivity contribution < 1.29 is 9.31 Å². The molecule has 6 heteroatoms. The minimum atomic E-state index is -0.584. The van der Waals surface area contributed by atoms with Crippen LogP contribution < -0.4 is 5.73 Å². The second-order valence-corrected chi connectivity index (χ2v) is 4.96. The largest absolute Gasteiger partial charge is 0.330 e. The molecule has 0 saturated carbocycles. The Morgan fingerprint density at radius 1 is 1.53 bits per heavy atom. The van der Waals surface area contributed by atoms with Crippen LogP contribution in [0, 0.1) is 21.8 Å². The Kier molecular flexibility index (Phi) is 5.37. The van der Waals surface area contributed by atoms with Gasteiger partial charge in [-0.2, -0.15) is 11.8 Å². The summed E-state index contributed by atoms with van der Waals surface area (Å²) in [6, 6.07) is 3.66. The zero-order valence-corrected chi connectivity index (χ0v) is 10.4. The molecule has 0 radical (unpaired) electrons. The molecule has 1 aromatic rings. The van der Waals surface area contributed by atoms with Crippen molar-refractivity contribution in [3.63, 3.8) is 0 Å². The third-order valence-corrected chi connectivity index (χ3v) is 3.57. The van der Waals surface area contributed by atoms with Crippen LogP contribution in [0.4, 0.5) is 10.1 Å². The number of rotatable bonds is 6. The Bertz CT molecular complexity index is 401. The smallest absolute Gasteiger partial charge is 0.272 e.